The molecule has 5 heteroatoms. The molecule has 1 aliphatic rings. The SMILES string of the molecule is CCOC1CC1C(=O)NC(CC)c1nccs1. The molecule has 0 saturated heterocycles. The first-order valence-electron chi connectivity index (χ1n) is 6.07. The third-order valence-electron chi connectivity index (χ3n) is 2.92. The van der Waals surface area contributed by atoms with Crippen LogP contribution < -0.4 is 5.32 Å². The van der Waals surface area contributed by atoms with Gasteiger partial charge in [-0.05, 0) is 19.8 Å². The molecule has 1 N–H and O–H groups in total. The van der Waals surface area contributed by atoms with Gasteiger partial charge in [0.1, 0.15) is 5.01 Å². The van der Waals surface area contributed by atoms with Crippen LogP contribution in [0.15, 0.2) is 11.6 Å². The first kappa shape index (κ1) is 12.5. The first-order valence-corrected chi connectivity index (χ1v) is 6.95. The van der Waals surface area contributed by atoms with Crippen LogP contribution in [0.3, 0.4) is 0 Å². The summed E-state index contributed by atoms with van der Waals surface area (Å²) in [5.41, 5.74) is 0. The second-order valence-electron chi connectivity index (χ2n) is 4.18. The van der Waals surface area contributed by atoms with Crippen LogP contribution in [0, 0.1) is 5.92 Å². The summed E-state index contributed by atoms with van der Waals surface area (Å²) in [6.07, 6.45) is 3.63. The maximum Gasteiger partial charge on any atom is 0.226 e. The molecule has 4 nitrogen and oxygen atoms in total. The molecule has 1 aromatic heterocycles. The largest absolute Gasteiger partial charge is 0.378 e. The third kappa shape index (κ3) is 3.04. The van der Waals surface area contributed by atoms with E-state index in [4.69, 9.17) is 4.74 Å². The quantitative estimate of drug-likeness (QED) is 0.846. The molecule has 2 rings (SSSR count). The maximum atomic E-state index is 11.9. The second-order valence-corrected chi connectivity index (χ2v) is 5.10. The van der Waals surface area contributed by atoms with Crippen molar-refractivity contribution < 1.29 is 9.53 Å². The highest BCUT2D eigenvalue weighted by Gasteiger charge is 2.44. The molecule has 1 amide bonds. The number of nitrogens with one attached hydrogen (secondary N) is 1. The van der Waals surface area contributed by atoms with Gasteiger partial charge in [0.2, 0.25) is 5.91 Å². The predicted octanol–water partition coefficient (Wildman–Crippen LogP) is 2.14. The first-order chi connectivity index (χ1) is 8.26. The fourth-order valence-electron chi connectivity index (χ4n) is 1.87. The second kappa shape index (κ2) is 5.60. The van der Waals surface area contributed by atoms with Crippen molar-refractivity contribution in [2.24, 2.45) is 5.92 Å². The minimum atomic E-state index is 0.0453. The average Bonchev–Trinajstić information content (AvgIpc) is 2.90. The van der Waals surface area contributed by atoms with Crippen LogP contribution in [-0.2, 0) is 9.53 Å². The summed E-state index contributed by atoms with van der Waals surface area (Å²) >= 11 is 1.58. The molecule has 0 bridgehead atoms. The topological polar surface area (TPSA) is 51.2 Å². The number of aromatic nitrogens is 1. The van der Waals surface area contributed by atoms with Gasteiger partial charge in [-0.3, -0.25) is 4.79 Å². The molecule has 3 unspecified atom stereocenters. The van der Waals surface area contributed by atoms with Gasteiger partial charge in [-0.25, -0.2) is 4.98 Å². The zero-order chi connectivity index (χ0) is 12.3. The Balaban J connectivity index is 1.86. The Morgan fingerprint density at radius 3 is 3.12 bits per heavy atom. The number of rotatable bonds is 6. The summed E-state index contributed by atoms with van der Waals surface area (Å²) in [5.74, 6) is 0.148. The van der Waals surface area contributed by atoms with Crippen molar-refractivity contribution in [2.45, 2.75) is 38.8 Å². The minimum Gasteiger partial charge on any atom is -0.378 e. The van der Waals surface area contributed by atoms with Gasteiger partial charge in [-0.2, -0.15) is 0 Å². The lowest BCUT2D eigenvalue weighted by Gasteiger charge is -2.14. The molecular weight excluding hydrogens is 236 g/mol. The Kier molecular flexibility index (Phi) is 4.12. The highest BCUT2D eigenvalue weighted by Crippen LogP contribution is 2.34. The van der Waals surface area contributed by atoms with Crippen molar-refractivity contribution in [1.82, 2.24) is 10.3 Å². The van der Waals surface area contributed by atoms with Crippen LogP contribution in [-0.4, -0.2) is 23.6 Å². The number of nitrogens with zero attached hydrogens (tertiary/aromatic N) is 1. The van der Waals surface area contributed by atoms with Crippen LogP contribution in [0.4, 0.5) is 0 Å². The zero-order valence-electron chi connectivity index (χ0n) is 10.2. The number of ether oxygens (including phenoxy) is 1. The molecule has 1 aliphatic carbocycles. The Bertz CT molecular complexity index is 367. The Labute approximate surface area is 105 Å². The van der Waals surface area contributed by atoms with Gasteiger partial charge < -0.3 is 10.1 Å². The van der Waals surface area contributed by atoms with Gasteiger partial charge in [0, 0.05) is 18.2 Å². The van der Waals surface area contributed by atoms with E-state index in [1.165, 1.54) is 0 Å². The highest BCUT2D eigenvalue weighted by molar-refractivity contribution is 7.09. The van der Waals surface area contributed by atoms with Gasteiger partial charge in [0.15, 0.2) is 0 Å². The monoisotopic (exact) mass is 254 g/mol. The maximum absolute atomic E-state index is 11.9. The number of hydrogen-bond donors (Lipinski definition) is 1. The normalized spacial score (nSPS) is 24.4. The van der Waals surface area contributed by atoms with Crippen molar-refractivity contribution in [3.63, 3.8) is 0 Å². The number of carbonyl (C=O) groups excluding carboxylic acids is 1. The number of hydrogen-bond acceptors (Lipinski definition) is 4. The lowest BCUT2D eigenvalue weighted by atomic mass is 10.2. The van der Waals surface area contributed by atoms with Gasteiger partial charge in [-0.15, -0.1) is 11.3 Å². The van der Waals surface area contributed by atoms with E-state index in [-0.39, 0.29) is 24.0 Å². The van der Waals surface area contributed by atoms with Crippen LogP contribution in [0.25, 0.3) is 0 Å². The number of amides is 1. The molecule has 0 aromatic carbocycles. The molecule has 0 radical (unpaired) electrons. The third-order valence-corrected chi connectivity index (χ3v) is 3.81. The van der Waals surface area contributed by atoms with E-state index in [0.717, 1.165) is 17.8 Å². The molecular formula is C12H18N2O2S. The molecule has 0 aliphatic heterocycles. The van der Waals surface area contributed by atoms with E-state index in [0.29, 0.717) is 6.61 Å². The summed E-state index contributed by atoms with van der Waals surface area (Å²) in [5, 5.41) is 5.96. The molecule has 1 heterocycles. The Morgan fingerprint density at radius 2 is 2.53 bits per heavy atom. The van der Waals surface area contributed by atoms with Crippen molar-refractivity contribution in [2.75, 3.05) is 6.61 Å². The Morgan fingerprint density at radius 1 is 1.71 bits per heavy atom. The van der Waals surface area contributed by atoms with Gasteiger partial charge >= 0.3 is 0 Å². The number of thiazole rings is 1. The molecule has 1 fully saturated rings. The van der Waals surface area contributed by atoms with Crippen LogP contribution in [0.5, 0.6) is 0 Å². The summed E-state index contributed by atoms with van der Waals surface area (Å²) < 4.78 is 5.42. The smallest absolute Gasteiger partial charge is 0.226 e. The van der Waals surface area contributed by atoms with Crippen LogP contribution >= 0.6 is 11.3 Å². The van der Waals surface area contributed by atoms with E-state index < -0.39 is 0 Å². The van der Waals surface area contributed by atoms with Crippen molar-refractivity contribution in [1.29, 1.82) is 0 Å². The fraction of sp³-hybridized carbons (Fsp3) is 0.667. The Hall–Kier alpha value is -0.940. The van der Waals surface area contributed by atoms with E-state index in [9.17, 15) is 4.79 Å². The number of carbonyl (C=O) groups is 1. The molecule has 3 atom stereocenters. The molecule has 17 heavy (non-hydrogen) atoms. The van der Waals surface area contributed by atoms with Crippen molar-refractivity contribution in [3.8, 4) is 0 Å². The molecule has 0 spiro atoms. The molecule has 1 aromatic rings. The van der Waals surface area contributed by atoms with E-state index in [2.05, 4.69) is 17.2 Å². The van der Waals surface area contributed by atoms with E-state index in [1.807, 2.05) is 12.3 Å². The lowest BCUT2D eigenvalue weighted by Crippen LogP contribution is -2.30. The van der Waals surface area contributed by atoms with E-state index >= 15 is 0 Å². The lowest BCUT2D eigenvalue weighted by molar-refractivity contribution is -0.124. The molecule has 94 valence electrons. The highest BCUT2D eigenvalue weighted by atomic mass is 32.1. The van der Waals surface area contributed by atoms with Gasteiger partial charge in [0.25, 0.3) is 0 Å². The van der Waals surface area contributed by atoms with Crippen molar-refractivity contribution in [3.05, 3.63) is 16.6 Å². The average molecular weight is 254 g/mol. The van der Waals surface area contributed by atoms with Crippen LogP contribution in [0.1, 0.15) is 37.7 Å². The van der Waals surface area contributed by atoms with Gasteiger partial charge in [-0.1, -0.05) is 6.92 Å². The molecule has 1 saturated carbocycles. The van der Waals surface area contributed by atoms with E-state index in [1.54, 1.807) is 17.5 Å². The zero-order valence-corrected chi connectivity index (χ0v) is 11.0. The summed E-state index contributed by atoms with van der Waals surface area (Å²) in [7, 11) is 0. The van der Waals surface area contributed by atoms with Crippen LogP contribution in [0.2, 0.25) is 0 Å². The summed E-state index contributed by atoms with van der Waals surface area (Å²) in [4.78, 5) is 16.2. The summed E-state index contributed by atoms with van der Waals surface area (Å²) in [6, 6.07) is 0.0466. The van der Waals surface area contributed by atoms with Crippen molar-refractivity contribution >= 4 is 17.2 Å². The fourth-order valence-corrected chi connectivity index (χ4v) is 2.64. The standard InChI is InChI=1S/C12H18N2O2S/c1-3-9(12-13-5-6-17-12)14-11(15)8-7-10(8)16-4-2/h5-6,8-10H,3-4,7H2,1-2H3,(H,14,15). The predicted molar refractivity (Wildman–Crippen MR) is 66.8 cm³/mol. The summed E-state index contributed by atoms with van der Waals surface area (Å²) in [6.45, 7) is 4.69. The minimum absolute atomic E-state index is 0.0453. The van der Waals surface area contributed by atoms with Gasteiger partial charge in [0.05, 0.1) is 18.1 Å².